The molecule has 21 heavy (non-hydrogen) atoms. The fraction of sp³-hybridized carbons (Fsp3) is 0.143. The van der Waals surface area contributed by atoms with Crippen molar-refractivity contribution in [1.82, 2.24) is 30.4 Å². The molecule has 0 aromatic carbocycles. The van der Waals surface area contributed by atoms with E-state index >= 15 is 0 Å². The summed E-state index contributed by atoms with van der Waals surface area (Å²) in [4.78, 5) is 19.1. The lowest BCUT2D eigenvalue weighted by Crippen LogP contribution is -2.13. The van der Waals surface area contributed by atoms with Crippen LogP contribution in [0.15, 0.2) is 35.4 Å². The number of nitrogens with zero attached hydrogens (tertiary/aromatic N) is 5. The summed E-state index contributed by atoms with van der Waals surface area (Å²) in [6.45, 7) is 3.47. The maximum atomic E-state index is 11.9. The van der Waals surface area contributed by atoms with E-state index in [0.29, 0.717) is 28.3 Å². The van der Waals surface area contributed by atoms with Crippen molar-refractivity contribution in [2.45, 2.75) is 13.8 Å². The smallest absolute Gasteiger partial charge is 0.221 e. The topological polar surface area (TPSA) is 97.3 Å². The van der Waals surface area contributed by atoms with E-state index in [1.807, 2.05) is 6.07 Å². The summed E-state index contributed by atoms with van der Waals surface area (Å²) < 4.78 is 0. The number of aromatic amines is 1. The normalized spacial score (nSPS) is 10.6. The molecule has 0 aliphatic carbocycles. The molecule has 0 radical (unpaired) electrons. The molecule has 0 spiro atoms. The highest BCUT2D eigenvalue weighted by atomic mass is 16.1. The van der Waals surface area contributed by atoms with Crippen LogP contribution in [0.5, 0.6) is 0 Å². The van der Waals surface area contributed by atoms with E-state index in [-0.39, 0.29) is 11.3 Å². The van der Waals surface area contributed by atoms with Crippen molar-refractivity contribution in [2.75, 3.05) is 0 Å². The number of pyridine rings is 2. The molecule has 0 aliphatic heterocycles. The van der Waals surface area contributed by atoms with E-state index in [0.717, 1.165) is 0 Å². The van der Waals surface area contributed by atoms with Crippen LogP contribution in [0, 0.1) is 13.8 Å². The zero-order chi connectivity index (χ0) is 14.8. The monoisotopic (exact) mass is 280 g/mol. The summed E-state index contributed by atoms with van der Waals surface area (Å²) in [5.41, 5.74) is 2.27. The van der Waals surface area contributed by atoms with Crippen molar-refractivity contribution in [3.8, 4) is 23.0 Å². The summed E-state index contributed by atoms with van der Waals surface area (Å²) in [5.74, 6) is 0.621. The fourth-order valence-corrected chi connectivity index (χ4v) is 1.92. The third-order valence-corrected chi connectivity index (χ3v) is 3.10. The van der Waals surface area contributed by atoms with Crippen LogP contribution in [0.1, 0.15) is 11.1 Å². The minimum Gasteiger partial charge on any atom is -0.358 e. The lowest BCUT2D eigenvalue weighted by Gasteiger charge is -2.04. The summed E-state index contributed by atoms with van der Waals surface area (Å²) in [7, 11) is 0. The number of H-pyrrole nitrogens is 1. The van der Waals surface area contributed by atoms with Crippen molar-refractivity contribution in [3.05, 3.63) is 51.9 Å². The first-order chi connectivity index (χ1) is 10.2. The molecule has 0 aliphatic rings. The second-order valence-corrected chi connectivity index (χ2v) is 4.56. The van der Waals surface area contributed by atoms with Gasteiger partial charge in [-0.1, -0.05) is 6.07 Å². The molecule has 7 heteroatoms. The lowest BCUT2D eigenvalue weighted by atomic mass is 10.1. The van der Waals surface area contributed by atoms with Crippen molar-refractivity contribution in [1.29, 1.82) is 0 Å². The van der Waals surface area contributed by atoms with Gasteiger partial charge in [0.2, 0.25) is 11.6 Å². The lowest BCUT2D eigenvalue weighted by molar-refractivity contribution is 0.862. The molecule has 0 fully saturated rings. The maximum absolute atomic E-state index is 11.9. The van der Waals surface area contributed by atoms with Crippen LogP contribution < -0.4 is 5.43 Å². The van der Waals surface area contributed by atoms with Gasteiger partial charge in [-0.3, -0.25) is 9.78 Å². The molecule has 0 bridgehead atoms. The molecule has 0 amide bonds. The number of nitrogens with one attached hydrogen (secondary N) is 1. The van der Waals surface area contributed by atoms with Gasteiger partial charge in [0.05, 0.1) is 5.69 Å². The largest absolute Gasteiger partial charge is 0.358 e. The van der Waals surface area contributed by atoms with Gasteiger partial charge in [0.25, 0.3) is 0 Å². The quantitative estimate of drug-likeness (QED) is 0.760. The maximum Gasteiger partial charge on any atom is 0.221 e. The Hall–Kier alpha value is -2.96. The highest BCUT2D eigenvalue weighted by Crippen LogP contribution is 2.14. The Balaban J connectivity index is 2.03. The molecular formula is C14H12N6O. The Labute approximate surface area is 120 Å². The second kappa shape index (κ2) is 5.20. The molecule has 104 valence electrons. The van der Waals surface area contributed by atoms with Crippen molar-refractivity contribution >= 4 is 0 Å². The van der Waals surface area contributed by atoms with E-state index in [1.165, 1.54) is 0 Å². The SMILES string of the molecule is Cc1c[nH]c(-c2nnc(-c3ccccn3)nn2)c(C)c1=O. The van der Waals surface area contributed by atoms with E-state index in [9.17, 15) is 4.79 Å². The van der Waals surface area contributed by atoms with Gasteiger partial charge in [0, 0.05) is 23.5 Å². The predicted molar refractivity (Wildman–Crippen MR) is 76.4 cm³/mol. The molecule has 3 rings (SSSR count). The van der Waals surface area contributed by atoms with E-state index in [1.54, 1.807) is 38.4 Å². The molecule has 1 N–H and O–H groups in total. The fourth-order valence-electron chi connectivity index (χ4n) is 1.92. The van der Waals surface area contributed by atoms with Crippen LogP contribution >= 0.6 is 0 Å². The molecule has 0 saturated carbocycles. The van der Waals surface area contributed by atoms with Crippen LogP contribution in [0.4, 0.5) is 0 Å². The summed E-state index contributed by atoms with van der Waals surface area (Å²) in [5, 5.41) is 16.1. The summed E-state index contributed by atoms with van der Waals surface area (Å²) in [6, 6.07) is 5.41. The van der Waals surface area contributed by atoms with E-state index in [4.69, 9.17) is 0 Å². The third-order valence-electron chi connectivity index (χ3n) is 3.10. The highest BCUT2D eigenvalue weighted by molar-refractivity contribution is 5.54. The van der Waals surface area contributed by atoms with Gasteiger partial charge in [-0.2, -0.15) is 0 Å². The third kappa shape index (κ3) is 2.40. The van der Waals surface area contributed by atoms with Gasteiger partial charge < -0.3 is 4.98 Å². The molecular weight excluding hydrogens is 268 g/mol. The Bertz CT molecular complexity index is 826. The molecule has 0 unspecified atom stereocenters. The molecule has 3 aromatic rings. The molecule has 7 nitrogen and oxygen atoms in total. The number of rotatable bonds is 2. The molecule has 3 heterocycles. The van der Waals surface area contributed by atoms with Crippen molar-refractivity contribution < 1.29 is 0 Å². The minimum atomic E-state index is -0.0406. The Morgan fingerprint density at radius 2 is 1.71 bits per heavy atom. The predicted octanol–water partition coefficient (Wildman–Crippen LogP) is 1.30. The van der Waals surface area contributed by atoms with Gasteiger partial charge in [0.15, 0.2) is 5.43 Å². The minimum absolute atomic E-state index is 0.0406. The number of hydrogen-bond acceptors (Lipinski definition) is 6. The summed E-state index contributed by atoms with van der Waals surface area (Å²) in [6.07, 6.45) is 3.27. The van der Waals surface area contributed by atoms with Crippen LogP contribution in [0.2, 0.25) is 0 Å². The molecule has 0 saturated heterocycles. The van der Waals surface area contributed by atoms with Crippen LogP contribution in [-0.4, -0.2) is 30.4 Å². The van der Waals surface area contributed by atoms with Crippen molar-refractivity contribution in [3.63, 3.8) is 0 Å². The molecule has 3 aromatic heterocycles. The standard InChI is InChI=1S/C14H12N6O/c1-8-7-16-11(9(2)12(8)21)14-19-17-13(18-20-14)10-5-3-4-6-15-10/h3-7H,1-2H3,(H,16,21). The average Bonchev–Trinajstić information content (AvgIpc) is 2.54. The van der Waals surface area contributed by atoms with E-state index in [2.05, 4.69) is 30.4 Å². The van der Waals surface area contributed by atoms with Crippen molar-refractivity contribution in [2.24, 2.45) is 0 Å². The number of aryl methyl sites for hydroxylation is 1. The van der Waals surface area contributed by atoms with E-state index < -0.39 is 0 Å². The first kappa shape index (κ1) is 13.0. The Kier molecular flexibility index (Phi) is 3.23. The second-order valence-electron chi connectivity index (χ2n) is 4.56. The van der Waals surface area contributed by atoms with Crippen LogP contribution in [0.3, 0.4) is 0 Å². The zero-order valence-electron chi connectivity index (χ0n) is 11.5. The Morgan fingerprint density at radius 1 is 1.00 bits per heavy atom. The average molecular weight is 280 g/mol. The van der Waals surface area contributed by atoms with Gasteiger partial charge in [-0.05, 0) is 26.0 Å². The first-order valence-electron chi connectivity index (χ1n) is 6.35. The van der Waals surface area contributed by atoms with Gasteiger partial charge in [-0.15, -0.1) is 20.4 Å². The summed E-state index contributed by atoms with van der Waals surface area (Å²) >= 11 is 0. The first-order valence-corrected chi connectivity index (χ1v) is 6.35. The number of aromatic nitrogens is 6. The van der Waals surface area contributed by atoms with Crippen LogP contribution in [-0.2, 0) is 0 Å². The zero-order valence-corrected chi connectivity index (χ0v) is 11.5. The van der Waals surface area contributed by atoms with Gasteiger partial charge in [-0.25, -0.2) is 0 Å². The number of hydrogen-bond donors (Lipinski definition) is 1. The van der Waals surface area contributed by atoms with Gasteiger partial charge >= 0.3 is 0 Å². The Morgan fingerprint density at radius 3 is 2.38 bits per heavy atom. The highest BCUT2D eigenvalue weighted by Gasteiger charge is 2.12. The van der Waals surface area contributed by atoms with Crippen LogP contribution in [0.25, 0.3) is 23.0 Å². The van der Waals surface area contributed by atoms with Gasteiger partial charge in [0.1, 0.15) is 5.69 Å². The molecule has 0 atom stereocenters.